The largest absolute Gasteiger partial charge is 0.374 e. The molecule has 0 unspecified atom stereocenters. The number of benzene rings is 1. The number of aryl methyl sites for hydroxylation is 1. The molecule has 1 fully saturated rings. The number of carbonyl (C=O) groups excluding carboxylic acids is 2. The van der Waals surface area contributed by atoms with E-state index in [4.69, 9.17) is 4.74 Å². The first-order valence-corrected chi connectivity index (χ1v) is 9.52. The lowest BCUT2D eigenvalue weighted by molar-refractivity contribution is -0.122. The van der Waals surface area contributed by atoms with E-state index in [0.29, 0.717) is 29.9 Å². The number of hydrogen-bond acceptors (Lipinski definition) is 6. The number of anilines is 2. The normalized spacial score (nSPS) is 16.9. The summed E-state index contributed by atoms with van der Waals surface area (Å²) in [6, 6.07) is 7.89. The topological polar surface area (TPSA) is 84.4 Å². The number of rotatable bonds is 7. The van der Waals surface area contributed by atoms with E-state index in [1.54, 1.807) is 4.90 Å². The number of amides is 2. The highest BCUT2D eigenvalue weighted by Gasteiger charge is 2.35. The van der Waals surface area contributed by atoms with Crippen LogP contribution in [0.4, 0.5) is 10.8 Å². The number of aromatic nitrogens is 2. The van der Waals surface area contributed by atoms with Gasteiger partial charge in [0.1, 0.15) is 11.6 Å². The number of hydrogen-bond donors (Lipinski definition) is 1. The molecule has 0 bridgehead atoms. The van der Waals surface area contributed by atoms with Crippen molar-refractivity contribution < 1.29 is 14.3 Å². The Hall–Kier alpha value is -2.32. The first-order valence-electron chi connectivity index (χ1n) is 8.71. The highest BCUT2D eigenvalue weighted by Crippen LogP contribution is 2.27. The Morgan fingerprint density at radius 3 is 2.77 bits per heavy atom. The van der Waals surface area contributed by atoms with Crippen molar-refractivity contribution in [1.29, 1.82) is 0 Å². The van der Waals surface area contributed by atoms with Gasteiger partial charge in [0, 0.05) is 25.3 Å². The number of carbonyl (C=O) groups is 2. The minimum Gasteiger partial charge on any atom is -0.374 e. The molecule has 7 nitrogen and oxygen atoms in total. The first kappa shape index (κ1) is 18.5. The van der Waals surface area contributed by atoms with Crippen molar-refractivity contribution >= 4 is 34.0 Å². The number of nitrogens with zero attached hydrogens (tertiary/aromatic N) is 3. The van der Waals surface area contributed by atoms with Crippen molar-refractivity contribution in [3.63, 3.8) is 0 Å². The van der Waals surface area contributed by atoms with Gasteiger partial charge in [0.15, 0.2) is 0 Å². The van der Waals surface area contributed by atoms with E-state index >= 15 is 0 Å². The molecule has 0 aliphatic carbocycles. The molecule has 138 valence electrons. The van der Waals surface area contributed by atoms with Gasteiger partial charge in [-0.15, -0.1) is 10.2 Å². The van der Waals surface area contributed by atoms with Crippen LogP contribution < -0.4 is 10.2 Å². The molecule has 1 atom stereocenters. The lowest BCUT2D eigenvalue weighted by atomic mass is 10.1. The van der Waals surface area contributed by atoms with Gasteiger partial charge >= 0.3 is 0 Å². The summed E-state index contributed by atoms with van der Waals surface area (Å²) in [6.07, 6.45) is 1.15. The van der Waals surface area contributed by atoms with Crippen LogP contribution in [0.1, 0.15) is 30.8 Å². The molecule has 8 heteroatoms. The fraction of sp³-hybridized carbons (Fsp3) is 0.444. The Morgan fingerprint density at radius 2 is 2.08 bits per heavy atom. The van der Waals surface area contributed by atoms with Crippen LogP contribution >= 0.6 is 11.3 Å². The average molecular weight is 374 g/mol. The maximum atomic E-state index is 12.5. The maximum absolute atomic E-state index is 12.5. The predicted octanol–water partition coefficient (Wildman–Crippen LogP) is 2.63. The maximum Gasteiger partial charge on any atom is 0.231 e. The van der Waals surface area contributed by atoms with E-state index in [0.717, 1.165) is 12.1 Å². The van der Waals surface area contributed by atoms with E-state index in [1.165, 1.54) is 16.9 Å². The van der Waals surface area contributed by atoms with Crippen LogP contribution in [0.5, 0.6) is 0 Å². The molecule has 1 aromatic carbocycles. The molecule has 26 heavy (non-hydrogen) atoms. The summed E-state index contributed by atoms with van der Waals surface area (Å²) >= 11 is 1.28. The Labute approximate surface area is 156 Å². The molecule has 0 spiro atoms. The molecule has 1 saturated heterocycles. The van der Waals surface area contributed by atoms with Crippen LogP contribution in [-0.4, -0.2) is 35.2 Å². The second kappa shape index (κ2) is 8.37. The third-order valence-corrected chi connectivity index (χ3v) is 5.09. The summed E-state index contributed by atoms with van der Waals surface area (Å²) < 4.78 is 5.28. The zero-order chi connectivity index (χ0) is 18.5. The summed E-state index contributed by atoms with van der Waals surface area (Å²) in [7, 11) is 0. The molecule has 2 aromatic rings. The predicted molar refractivity (Wildman–Crippen MR) is 100 cm³/mol. The second-order valence-electron chi connectivity index (χ2n) is 6.05. The molecule has 1 aliphatic rings. The van der Waals surface area contributed by atoms with E-state index in [9.17, 15) is 9.59 Å². The molecule has 3 rings (SSSR count). The zero-order valence-electron chi connectivity index (χ0n) is 14.9. The van der Waals surface area contributed by atoms with Gasteiger partial charge in [0.05, 0.1) is 5.92 Å². The minimum atomic E-state index is -0.396. The lowest BCUT2D eigenvalue weighted by Crippen LogP contribution is -2.28. The van der Waals surface area contributed by atoms with E-state index in [1.807, 2.05) is 31.2 Å². The Bertz CT molecular complexity index is 775. The molecule has 0 radical (unpaired) electrons. The SMILES string of the molecule is CCOCc1nnc(NC(=O)[C@H]2CC(=O)N(c3ccc(CC)cc3)C2)s1. The van der Waals surface area contributed by atoms with Crippen LogP contribution in [0, 0.1) is 5.92 Å². The fourth-order valence-corrected chi connectivity index (χ4v) is 3.48. The summed E-state index contributed by atoms with van der Waals surface area (Å²) in [5.74, 6) is -0.638. The van der Waals surface area contributed by atoms with Gasteiger partial charge < -0.3 is 15.0 Å². The molecule has 2 heterocycles. The van der Waals surface area contributed by atoms with Crippen LogP contribution in [0.2, 0.25) is 0 Å². The third-order valence-electron chi connectivity index (χ3n) is 4.28. The molecule has 1 N–H and O–H groups in total. The molecule has 1 aromatic heterocycles. The van der Waals surface area contributed by atoms with Crippen molar-refractivity contribution in [3.05, 3.63) is 34.8 Å². The van der Waals surface area contributed by atoms with Gasteiger partial charge in [-0.25, -0.2) is 0 Å². The first-order chi connectivity index (χ1) is 12.6. The van der Waals surface area contributed by atoms with Crippen molar-refractivity contribution in [2.24, 2.45) is 5.92 Å². The molecular weight excluding hydrogens is 352 g/mol. The highest BCUT2D eigenvalue weighted by molar-refractivity contribution is 7.15. The number of ether oxygens (including phenoxy) is 1. The van der Waals surface area contributed by atoms with E-state index in [-0.39, 0.29) is 18.2 Å². The van der Waals surface area contributed by atoms with Crippen molar-refractivity contribution in [2.45, 2.75) is 33.3 Å². The van der Waals surface area contributed by atoms with Crippen LogP contribution in [-0.2, 0) is 27.4 Å². The molecule has 0 saturated carbocycles. The second-order valence-corrected chi connectivity index (χ2v) is 7.11. The fourth-order valence-electron chi connectivity index (χ4n) is 2.80. The summed E-state index contributed by atoms with van der Waals surface area (Å²) in [5, 5.41) is 11.8. The average Bonchev–Trinajstić information content (AvgIpc) is 3.26. The van der Waals surface area contributed by atoms with Gasteiger partial charge in [-0.1, -0.05) is 30.4 Å². The molecule has 2 amide bonds. The van der Waals surface area contributed by atoms with Gasteiger partial charge in [0.25, 0.3) is 0 Å². The summed E-state index contributed by atoms with van der Waals surface area (Å²) in [4.78, 5) is 26.5. The van der Waals surface area contributed by atoms with Gasteiger partial charge in [-0.2, -0.15) is 0 Å². The standard InChI is InChI=1S/C18H22N4O3S/c1-3-12-5-7-14(8-6-12)22-10-13(9-16(22)23)17(24)19-18-21-20-15(26-18)11-25-4-2/h5-8,13H,3-4,9-11H2,1-2H3,(H,19,21,24)/t13-/m0/s1. The van der Waals surface area contributed by atoms with Crippen molar-refractivity contribution in [1.82, 2.24) is 10.2 Å². The summed E-state index contributed by atoms with van der Waals surface area (Å²) in [5.41, 5.74) is 2.05. The quantitative estimate of drug-likeness (QED) is 0.805. The summed E-state index contributed by atoms with van der Waals surface area (Å²) in [6.45, 7) is 5.35. The highest BCUT2D eigenvalue weighted by atomic mass is 32.1. The number of nitrogens with one attached hydrogen (secondary N) is 1. The van der Waals surface area contributed by atoms with Crippen molar-refractivity contribution in [3.8, 4) is 0 Å². The van der Waals surface area contributed by atoms with Gasteiger partial charge in [-0.3, -0.25) is 9.59 Å². The smallest absolute Gasteiger partial charge is 0.231 e. The Kier molecular flexibility index (Phi) is 5.95. The van der Waals surface area contributed by atoms with E-state index in [2.05, 4.69) is 22.4 Å². The molecular formula is C18H22N4O3S. The zero-order valence-corrected chi connectivity index (χ0v) is 15.7. The van der Waals surface area contributed by atoms with Crippen molar-refractivity contribution in [2.75, 3.05) is 23.4 Å². The minimum absolute atomic E-state index is 0.0382. The van der Waals surface area contributed by atoms with Crippen LogP contribution in [0.25, 0.3) is 0 Å². The van der Waals surface area contributed by atoms with Crippen LogP contribution in [0.3, 0.4) is 0 Å². The Balaban J connectivity index is 1.60. The third kappa shape index (κ3) is 4.25. The van der Waals surface area contributed by atoms with E-state index < -0.39 is 5.92 Å². The van der Waals surface area contributed by atoms with Gasteiger partial charge in [0.2, 0.25) is 16.9 Å². The lowest BCUT2D eigenvalue weighted by Gasteiger charge is -2.16. The monoisotopic (exact) mass is 374 g/mol. The Morgan fingerprint density at radius 1 is 1.31 bits per heavy atom. The molecule has 1 aliphatic heterocycles. The van der Waals surface area contributed by atoms with Crippen LogP contribution in [0.15, 0.2) is 24.3 Å². The van der Waals surface area contributed by atoms with Gasteiger partial charge in [-0.05, 0) is 31.0 Å².